The molecule has 0 spiro atoms. The van der Waals surface area contributed by atoms with E-state index in [1.807, 2.05) is 39.0 Å². The summed E-state index contributed by atoms with van der Waals surface area (Å²) >= 11 is 0. The van der Waals surface area contributed by atoms with E-state index in [1.165, 1.54) is 18.2 Å². The zero-order valence-electron chi connectivity index (χ0n) is 12.7. The van der Waals surface area contributed by atoms with Gasteiger partial charge in [0, 0.05) is 11.6 Å². The average molecular weight is 289 g/mol. The van der Waals surface area contributed by atoms with Gasteiger partial charge in [0.05, 0.1) is 0 Å². The highest BCUT2D eigenvalue weighted by Crippen LogP contribution is 2.27. The minimum atomic E-state index is -0.482. The molecule has 0 saturated carbocycles. The molecule has 1 nitrogen and oxygen atoms in total. The highest BCUT2D eigenvalue weighted by molar-refractivity contribution is 5.37. The molecule has 1 N–H and O–H groups in total. The van der Waals surface area contributed by atoms with Gasteiger partial charge in [-0.05, 0) is 55.6 Å². The van der Waals surface area contributed by atoms with Crippen molar-refractivity contribution in [1.82, 2.24) is 5.32 Å². The summed E-state index contributed by atoms with van der Waals surface area (Å²) in [6.45, 7) is 6.81. The number of likely N-dealkylation sites (N-methyl/N-ethyl adjacent to an activating group) is 1. The van der Waals surface area contributed by atoms with Crippen molar-refractivity contribution in [2.75, 3.05) is 6.54 Å². The van der Waals surface area contributed by atoms with E-state index in [4.69, 9.17) is 0 Å². The Kier molecular flexibility index (Phi) is 5.07. The van der Waals surface area contributed by atoms with Gasteiger partial charge in [0.25, 0.3) is 0 Å². The van der Waals surface area contributed by atoms with Gasteiger partial charge >= 0.3 is 0 Å². The number of hydrogen-bond acceptors (Lipinski definition) is 1. The summed E-state index contributed by atoms with van der Waals surface area (Å²) in [6.07, 6.45) is 0.304. The molecule has 0 aliphatic rings. The lowest BCUT2D eigenvalue weighted by molar-refractivity contribution is 0.497. The Labute approximate surface area is 125 Å². The maximum atomic E-state index is 13.9. The topological polar surface area (TPSA) is 12.0 Å². The molecule has 0 amide bonds. The van der Waals surface area contributed by atoms with Crippen LogP contribution in [0.4, 0.5) is 8.78 Å². The third-order valence-electron chi connectivity index (χ3n) is 3.81. The molecule has 0 bridgehead atoms. The van der Waals surface area contributed by atoms with E-state index in [-0.39, 0.29) is 11.6 Å². The van der Waals surface area contributed by atoms with Crippen molar-refractivity contribution in [2.24, 2.45) is 0 Å². The van der Waals surface area contributed by atoms with E-state index in [9.17, 15) is 8.78 Å². The summed E-state index contributed by atoms with van der Waals surface area (Å²) in [4.78, 5) is 0. The fourth-order valence-electron chi connectivity index (χ4n) is 2.83. The molecule has 112 valence electrons. The van der Waals surface area contributed by atoms with Crippen LogP contribution in [0.5, 0.6) is 0 Å². The third kappa shape index (κ3) is 3.48. The first kappa shape index (κ1) is 15.6. The van der Waals surface area contributed by atoms with Crippen molar-refractivity contribution in [3.8, 4) is 0 Å². The van der Waals surface area contributed by atoms with Gasteiger partial charge in [-0.1, -0.05) is 31.2 Å². The molecule has 3 heteroatoms. The van der Waals surface area contributed by atoms with Gasteiger partial charge in [-0.2, -0.15) is 0 Å². The van der Waals surface area contributed by atoms with Crippen LogP contribution >= 0.6 is 0 Å². The predicted molar refractivity (Wildman–Crippen MR) is 82.4 cm³/mol. The van der Waals surface area contributed by atoms with E-state index >= 15 is 0 Å². The number of benzene rings is 2. The lowest BCUT2D eigenvalue weighted by Gasteiger charge is -2.23. The smallest absolute Gasteiger partial charge is 0.129 e. The van der Waals surface area contributed by atoms with Crippen LogP contribution in [0.1, 0.15) is 35.2 Å². The van der Waals surface area contributed by atoms with E-state index in [0.29, 0.717) is 6.42 Å². The molecule has 0 aliphatic heterocycles. The summed E-state index contributed by atoms with van der Waals surface area (Å²) < 4.78 is 27.8. The van der Waals surface area contributed by atoms with Gasteiger partial charge < -0.3 is 5.32 Å². The Bertz CT molecular complexity index is 582. The molecule has 0 heterocycles. The van der Waals surface area contributed by atoms with Crippen LogP contribution in [0.15, 0.2) is 36.4 Å². The number of rotatable bonds is 5. The third-order valence-corrected chi connectivity index (χ3v) is 3.81. The zero-order valence-corrected chi connectivity index (χ0v) is 12.7. The van der Waals surface area contributed by atoms with Crippen LogP contribution in [0.25, 0.3) is 0 Å². The molecule has 1 unspecified atom stereocenters. The second-order valence-electron chi connectivity index (χ2n) is 5.32. The van der Waals surface area contributed by atoms with Crippen molar-refractivity contribution in [3.63, 3.8) is 0 Å². The highest BCUT2D eigenvalue weighted by Gasteiger charge is 2.19. The van der Waals surface area contributed by atoms with Crippen LogP contribution in [0.3, 0.4) is 0 Å². The monoisotopic (exact) mass is 289 g/mol. The Morgan fingerprint density at radius 3 is 2.00 bits per heavy atom. The standard InChI is InChI=1S/C18H21F2N/c1-4-21-17(18-12(2)7-5-8-13(18)3)11-14-15(19)9-6-10-16(14)20/h5-10,17,21H,4,11H2,1-3H3. The number of nitrogens with one attached hydrogen (secondary N) is 1. The van der Waals surface area contributed by atoms with Crippen molar-refractivity contribution >= 4 is 0 Å². The zero-order chi connectivity index (χ0) is 15.4. The fraction of sp³-hybridized carbons (Fsp3) is 0.333. The molecule has 1 atom stereocenters. The number of halogens is 2. The molecular formula is C18H21F2N. The maximum Gasteiger partial charge on any atom is 0.129 e. The molecule has 0 radical (unpaired) electrons. The first-order valence-corrected chi connectivity index (χ1v) is 7.27. The maximum absolute atomic E-state index is 13.9. The summed E-state index contributed by atoms with van der Waals surface area (Å²) in [5, 5.41) is 3.35. The lowest BCUT2D eigenvalue weighted by atomic mass is 9.91. The lowest BCUT2D eigenvalue weighted by Crippen LogP contribution is -2.25. The largest absolute Gasteiger partial charge is 0.310 e. The van der Waals surface area contributed by atoms with Gasteiger partial charge in [-0.25, -0.2) is 8.78 Å². The predicted octanol–water partition coefficient (Wildman–Crippen LogP) is 4.47. The van der Waals surface area contributed by atoms with E-state index in [0.717, 1.165) is 23.2 Å². The molecule has 2 aromatic rings. The fourth-order valence-corrected chi connectivity index (χ4v) is 2.83. The van der Waals surface area contributed by atoms with E-state index < -0.39 is 11.6 Å². The van der Waals surface area contributed by atoms with Gasteiger partial charge in [-0.15, -0.1) is 0 Å². The quantitative estimate of drug-likeness (QED) is 0.856. The first-order chi connectivity index (χ1) is 10.0. The van der Waals surface area contributed by atoms with Gasteiger partial charge in [0.1, 0.15) is 11.6 Å². The summed E-state index contributed by atoms with van der Waals surface area (Å²) in [5.41, 5.74) is 3.54. The normalized spacial score (nSPS) is 12.4. The van der Waals surface area contributed by atoms with Crippen molar-refractivity contribution in [1.29, 1.82) is 0 Å². The molecule has 0 aromatic heterocycles. The summed E-state index contributed by atoms with van der Waals surface area (Å²) in [7, 11) is 0. The Morgan fingerprint density at radius 1 is 0.952 bits per heavy atom. The first-order valence-electron chi connectivity index (χ1n) is 7.27. The van der Waals surface area contributed by atoms with Crippen molar-refractivity contribution in [2.45, 2.75) is 33.2 Å². The molecule has 0 fully saturated rings. The van der Waals surface area contributed by atoms with E-state index in [2.05, 4.69) is 5.32 Å². The molecule has 0 aliphatic carbocycles. The minimum absolute atomic E-state index is 0.0948. The minimum Gasteiger partial charge on any atom is -0.310 e. The van der Waals surface area contributed by atoms with Gasteiger partial charge in [-0.3, -0.25) is 0 Å². The molecule has 0 saturated heterocycles. The van der Waals surface area contributed by atoms with Crippen LogP contribution < -0.4 is 5.32 Å². The van der Waals surface area contributed by atoms with Crippen molar-refractivity contribution < 1.29 is 8.78 Å². The summed E-state index contributed by atoms with van der Waals surface area (Å²) in [6, 6.07) is 9.99. The molecule has 2 aromatic carbocycles. The van der Waals surface area contributed by atoms with E-state index in [1.54, 1.807) is 0 Å². The van der Waals surface area contributed by atoms with Crippen LogP contribution in [0, 0.1) is 25.5 Å². The number of aryl methyl sites for hydroxylation is 2. The molecule has 2 rings (SSSR count). The van der Waals surface area contributed by atoms with Crippen LogP contribution in [0.2, 0.25) is 0 Å². The summed E-state index contributed by atoms with van der Waals surface area (Å²) in [5.74, 6) is -0.965. The van der Waals surface area contributed by atoms with Gasteiger partial charge in [0.2, 0.25) is 0 Å². The number of hydrogen-bond donors (Lipinski definition) is 1. The average Bonchev–Trinajstić information content (AvgIpc) is 2.42. The highest BCUT2D eigenvalue weighted by atomic mass is 19.1. The SMILES string of the molecule is CCNC(Cc1c(F)cccc1F)c1c(C)cccc1C. The van der Waals surface area contributed by atoms with Gasteiger partial charge in [0.15, 0.2) is 0 Å². The second kappa shape index (κ2) is 6.81. The second-order valence-corrected chi connectivity index (χ2v) is 5.32. The van der Waals surface area contributed by atoms with Crippen LogP contribution in [-0.2, 0) is 6.42 Å². The molecular weight excluding hydrogens is 268 g/mol. The van der Waals surface area contributed by atoms with Crippen molar-refractivity contribution in [3.05, 3.63) is 70.3 Å². The molecule has 21 heavy (non-hydrogen) atoms. The Balaban J connectivity index is 2.41. The Morgan fingerprint density at radius 2 is 1.48 bits per heavy atom. The Hall–Kier alpha value is -1.74. The van der Waals surface area contributed by atoms with Crippen LogP contribution in [-0.4, -0.2) is 6.54 Å².